The van der Waals surface area contributed by atoms with Gasteiger partial charge in [0.05, 0.1) is 29.7 Å². The Morgan fingerprint density at radius 1 is 1.05 bits per heavy atom. The highest BCUT2D eigenvalue weighted by Gasteiger charge is 2.64. The highest BCUT2D eigenvalue weighted by atomic mass is 16.4. The maximum Gasteiger partial charge on any atom is 0.337 e. The van der Waals surface area contributed by atoms with Crippen LogP contribution in [0, 0.1) is 52.3 Å². The standard InChI is InChI=1S/C31H46N2O5/c1-5-21-25-14-20(34)8-10-31(25,4)24-9-11-30(3)22(6-7-23(30)27(24)28(21)36)17(2)12-26(35)33-19-13-18(29(37)38)15-32-16-19/h13,15-17,20-25,27-28,34,36H,5-12,14H2,1-4H3,(H,33,35)(H,37,38)/t17-,20-,21-,22-,23+,24+,25+,27+,28-,30-,31-/m1/s1. The van der Waals surface area contributed by atoms with Gasteiger partial charge in [0.1, 0.15) is 0 Å². The number of nitrogens with zero attached hydrogens (tertiary/aromatic N) is 1. The second kappa shape index (κ2) is 10.2. The Kier molecular flexibility index (Phi) is 7.40. The Balaban J connectivity index is 1.32. The Labute approximate surface area is 226 Å². The highest BCUT2D eigenvalue weighted by Crippen LogP contribution is 2.69. The molecule has 1 aromatic heterocycles. The SMILES string of the molecule is CC[C@H]1[C@@H](O)[C@@H]2[C@H](CC[C@]3(C)[C@@H]([C@H](C)CC(=O)Nc4cncc(C(=O)O)c4)CC[C@@H]23)[C@@]2(C)CC[C@@H](O)C[C@@H]12. The lowest BCUT2D eigenvalue weighted by atomic mass is 9.41. The molecule has 4 fully saturated rings. The number of aromatic carboxylic acids is 1. The summed E-state index contributed by atoms with van der Waals surface area (Å²) < 4.78 is 0. The smallest absolute Gasteiger partial charge is 0.337 e. The predicted molar refractivity (Wildman–Crippen MR) is 145 cm³/mol. The van der Waals surface area contributed by atoms with Crippen molar-refractivity contribution in [2.45, 2.75) is 97.7 Å². The van der Waals surface area contributed by atoms with Gasteiger partial charge >= 0.3 is 5.97 Å². The molecule has 0 aromatic carbocycles. The van der Waals surface area contributed by atoms with E-state index in [9.17, 15) is 24.9 Å². The van der Waals surface area contributed by atoms with E-state index in [-0.39, 0.29) is 46.3 Å². The summed E-state index contributed by atoms with van der Waals surface area (Å²) in [6.45, 7) is 9.28. The van der Waals surface area contributed by atoms with E-state index in [4.69, 9.17) is 0 Å². The van der Waals surface area contributed by atoms with Crippen molar-refractivity contribution < 1.29 is 24.9 Å². The number of carbonyl (C=O) groups is 2. The maximum absolute atomic E-state index is 13.0. The molecule has 210 valence electrons. The summed E-state index contributed by atoms with van der Waals surface area (Å²) in [7, 11) is 0. The molecule has 4 aliphatic rings. The van der Waals surface area contributed by atoms with Gasteiger partial charge in [-0.3, -0.25) is 9.78 Å². The molecule has 0 unspecified atom stereocenters. The quantitative estimate of drug-likeness (QED) is 0.396. The second-order valence-electron chi connectivity index (χ2n) is 13.6. The normalized spacial score (nSPS) is 42.9. The lowest BCUT2D eigenvalue weighted by molar-refractivity contribution is -0.203. The van der Waals surface area contributed by atoms with Crippen molar-refractivity contribution in [1.82, 2.24) is 4.98 Å². The Morgan fingerprint density at radius 2 is 1.76 bits per heavy atom. The van der Waals surface area contributed by atoms with Gasteiger partial charge in [-0.2, -0.15) is 0 Å². The number of rotatable bonds is 6. The minimum absolute atomic E-state index is 0.0542. The number of aliphatic hydroxyl groups excluding tert-OH is 2. The molecule has 0 bridgehead atoms. The molecule has 4 saturated carbocycles. The van der Waals surface area contributed by atoms with Gasteiger partial charge in [-0.05, 0) is 103 Å². The van der Waals surface area contributed by atoms with E-state index in [0.717, 1.165) is 51.4 Å². The van der Waals surface area contributed by atoms with Gasteiger partial charge in [0.2, 0.25) is 5.91 Å². The van der Waals surface area contributed by atoms with E-state index in [0.29, 0.717) is 41.7 Å². The monoisotopic (exact) mass is 526 g/mol. The van der Waals surface area contributed by atoms with Crippen LogP contribution in [0.25, 0.3) is 0 Å². The third-order valence-electron chi connectivity index (χ3n) is 11.9. The van der Waals surface area contributed by atoms with E-state index in [2.05, 4.69) is 38.0 Å². The summed E-state index contributed by atoms with van der Waals surface area (Å²) >= 11 is 0. The molecule has 0 spiro atoms. The topological polar surface area (TPSA) is 120 Å². The number of fused-ring (bicyclic) bond motifs is 5. The second-order valence-corrected chi connectivity index (χ2v) is 13.6. The van der Waals surface area contributed by atoms with Gasteiger partial charge in [-0.1, -0.05) is 34.1 Å². The molecule has 0 saturated heterocycles. The molecular formula is C31H46N2O5. The van der Waals surface area contributed by atoms with Crippen molar-refractivity contribution in [1.29, 1.82) is 0 Å². The molecule has 38 heavy (non-hydrogen) atoms. The van der Waals surface area contributed by atoms with Crippen molar-refractivity contribution >= 4 is 17.6 Å². The average molecular weight is 527 g/mol. The molecule has 7 nitrogen and oxygen atoms in total. The van der Waals surface area contributed by atoms with Crippen molar-refractivity contribution in [3.05, 3.63) is 24.0 Å². The Hall–Kier alpha value is -1.99. The van der Waals surface area contributed by atoms with Gasteiger partial charge in [0.15, 0.2) is 0 Å². The van der Waals surface area contributed by atoms with Crippen LogP contribution in [0.4, 0.5) is 5.69 Å². The number of carboxylic acids is 1. The highest BCUT2D eigenvalue weighted by molar-refractivity contribution is 5.93. The largest absolute Gasteiger partial charge is 0.478 e. The first kappa shape index (κ1) is 27.6. The van der Waals surface area contributed by atoms with Crippen LogP contribution in [-0.4, -0.2) is 44.4 Å². The predicted octanol–water partition coefficient (Wildman–Crippen LogP) is 5.37. The van der Waals surface area contributed by atoms with Gasteiger partial charge in [0.25, 0.3) is 0 Å². The molecule has 11 atom stereocenters. The van der Waals surface area contributed by atoms with E-state index < -0.39 is 5.97 Å². The number of nitrogens with one attached hydrogen (secondary N) is 1. The number of pyridine rings is 1. The van der Waals surface area contributed by atoms with E-state index in [1.165, 1.54) is 18.5 Å². The maximum atomic E-state index is 13.0. The van der Waals surface area contributed by atoms with Gasteiger partial charge < -0.3 is 20.6 Å². The lowest BCUT2D eigenvalue weighted by Gasteiger charge is -2.64. The number of carbonyl (C=O) groups excluding carboxylic acids is 1. The fraction of sp³-hybridized carbons (Fsp3) is 0.774. The summed E-state index contributed by atoms with van der Waals surface area (Å²) in [5, 5.41) is 34.4. The third kappa shape index (κ3) is 4.47. The molecule has 5 rings (SSSR count). The zero-order valence-electron chi connectivity index (χ0n) is 23.4. The number of hydrogen-bond acceptors (Lipinski definition) is 5. The number of amides is 1. The summed E-state index contributed by atoms with van der Waals surface area (Å²) in [6, 6.07) is 1.44. The molecule has 1 aromatic rings. The van der Waals surface area contributed by atoms with Crippen LogP contribution in [0.2, 0.25) is 0 Å². The minimum atomic E-state index is -1.07. The average Bonchev–Trinajstić information content (AvgIpc) is 3.22. The van der Waals surface area contributed by atoms with Crippen LogP contribution < -0.4 is 5.32 Å². The van der Waals surface area contributed by atoms with Crippen molar-refractivity contribution in [3.63, 3.8) is 0 Å². The molecule has 4 aliphatic carbocycles. The molecule has 7 heteroatoms. The number of aliphatic hydroxyl groups is 2. The zero-order chi connectivity index (χ0) is 27.4. The molecule has 4 N–H and O–H groups in total. The van der Waals surface area contributed by atoms with Crippen LogP contribution in [0.5, 0.6) is 0 Å². The summed E-state index contributed by atoms with van der Waals surface area (Å²) in [5.41, 5.74) is 0.753. The van der Waals surface area contributed by atoms with E-state index in [1.807, 2.05) is 0 Å². The molecule has 1 amide bonds. The molecular weight excluding hydrogens is 480 g/mol. The van der Waals surface area contributed by atoms with Crippen LogP contribution >= 0.6 is 0 Å². The number of carboxylic acid groups (broad SMARTS) is 1. The van der Waals surface area contributed by atoms with Crippen molar-refractivity contribution in [2.24, 2.45) is 52.3 Å². The lowest BCUT2D eigenvalue weighted by Crippen LogP contribution is -2.62. The number of aromatic nitrogens is 1. The van der Waals surface area contributed by atoms with Crippen LogP contribution in [0.15, 0.2) is 18.5 Å². The van der Waals surface area contributed by atoms with Crippen molar-refractivity contribution in [3.8, 4) is 0 Å². The van der Waals surface area contributed by atoms with Gasteiger partial charge in [0, 0.05) is 12.6 Å². The Morgan fingerprint density at radius 3 is 2.47 bits per heavy atom. The van der Waals surface area contributed by atoms with Crippen LogP contribution in [0.1, 0.15) is 95.8 Å². The van der Waals surface area contributed by atoms with Crippen LogP contribution in [-0.2, 0) is 4.79 Å². The minimum Gasteiger partial charge on any atom is -0.478 e. The van der Waals surface area contributed by atoms with Gasteiger partial charge in [-0.25, -0.2) is 4.79 Å². The first-order valence-corrected chi connectivity index (χ1v) is 14.8. The zero-order valence-corrected chi connectivity index (χ0v) is 23.4. The molecule has 0 aliphatic heterocycles. The first-order valence-electron chi connectivity index (χ1n) is 14.8. The fourth-order valence-electron chi connectivity index (χ4n) is 10.2. The third-order valence-corrected chi connectivity index (χ3v) is 11.9. The summed E-state index contributed by atoms with van der Waals surface area (Å²) in [5.74, 6) is 1.32. The molecule has 0 radical (unpaired) electrons. The van der Waals surface area contributed by atoms with Crippen molar-refractivity contribution in [2.75, 3.05) is 5.32 Å². The number of hydrogen-bond donors (Lipinski definition) is 4. The first-order chi connectivity index (χ1) is 18.0. The molecule has 1 heterocycles. The summed E-state index contributed by atoms with van der Waals surface area (Å²) in [4.78, 5) is 28.2. The van der Waals surface area contributed by atoms with Gasteiger partial charge in [-0.15, -0.1) is 0 Å². The fourth-order valence-corrected chi connectivity index (χ4v) is 10.2. The van der Waals surface area contributed by atoms with Crippen LogP contribution in [0.3, 0.4) is 0 Å². The number of anilines is 1. The summed E-state index contributed by atoms with van der Waals surface area (Å²) in [6.07, 6.45) is 10.8. The van der Waals surface area contributed by atoms with E-state index >= 15 is 0 Å². The Bertz CT molecular complexity index is 1060. The van der Waals surface area contributed by atoms with E-state index in [1.54, 1.807) is 0 Å².